The van der Waals surface area contributed by atoms with Gasteiger partial charge in [0, 0.05) is 43.9 Å². The number of likely N-dealkylation sites (N-methyl/N-ethyl adjacent to an activating group) is 1. The van der Waals surface area contributed by atoms with Crippen molar-refractivity contribution >= 4 is 23.6 Å². The summed E-state index contributed by atoms with van der Waals surface area (Å²) in [5.41, 5.74) is 2.97. The largest absolute Gasteiger partial charge is 0.448 e. The number of nitrogens with one attached hydrogen (secondary N) is 1. The van der Waals surface area contributed by atoms with Gasteiger partial charge < -0.3 is 24.3 Å². The Kier molecular flexibility index (Phi) is 5.95. The maximum atomic E-state index is 15.2. The Hall–Kier alpha value is -3.46. The zero-order chi connectivity index (χ0) is 23.8. The van der Waals surface area contributed by atoms with Gasteiger partial charge in [0.2, 0.25) is 5.75 Å². The van der Waals surface area contributed by atoms with Crippen LogP contribution in [-0.2, 0) is 12.8 Å². The molecule has 178 valence electrons. The van der Waals surface area contributed by atoms with Crippen LogP contribution in [0, 0.1) is 11.6 Å². The number of nitrogens with zero attached hydrogens (tertiary/aromatic N) is 4. The number of aryl methyl sites for hydroxylation is 1. The number of halogens is 2. The van der Waals surface area contributed by atoms with E-state index < -0.39 is 17.4 Å². The molecule has 0 amide bonds. The van der Waals surface area contributed by atoms with Crippen LogP contribution in [-0.4, -0.2) is 48.1 Å². The molecular weight excluding hydrogens is 440 g/mol. The first-order chi connectivity index (χ1) is 16.4. The SMILES string of the molecule is CCc1coc(Nc2cc(N3CCN(C)CC3)nc(Oc3c(F)cc4c(c3F)C=C(C)C4)n2)c1. The summed E-state index contributed by atoms with van der Waals surface area (Å²) >= 11 is 0. The number of ether oxygens (including phenoxy) is 1. The average molecular weight is 468 g/mol. The van der Waals surface area contributed by atoms with Gasteiger partial charge in [-0.25, -0.2) is 8.78 Å². The van der Waals surface area contributed by atoms with Crippen molar-refractivity contribution in [3.8, 4) is 11.8 Å². The lowest BCUT2D eigenvalue weighted by atomic mass is 10.1. The number of furan rings is 1. The molecule has 1 N–H and O–H groups in total. The van der Waals surface area contributed by atoms with Crippen LogP contribution in [0.15, 0.2) is 34.5 Å². The molecule has 0 unspecified atom stereocenters. The molecule has 2 aliphatic rings. The maximum Gasteiger partial charge on any atom is 0.326 e. The highest BCUT2D eigenvalue weighted by Crippen LogP contribution is 2.36. The van der Waals surface area contributed by atoms with Gasteiger partial charge in [-0.2, -0.15) is 9.97 Å². The van der Waals surface area contributed by atoms with Gasteiger partial charge in [-0.15, -0.1) is 0 Å². The molecule has 0 atom stereocenters. The van der Waals surface area contributed by atoms with Gasteiger partial charge in [0.15, 0.2) is 17.5 Å². The molecule has 2 aromatic heterocycles. The number of aromatic nitrogens is 2. The number of anilines is 3. The molecule has 0 saturated carbocycles. The highest BCUT2D eigenvalue weighted by Gasteiger charge is 2.24. The van der Waals surface area contributed by atoms with Gasteiger partial charge in [0.1, 0.15) is 11.6 Å². The number of hydrogen-bond acceptors (Lipinski definition) is 7. The van der Waals surface area contributed by atoms with Crippen molar-refractivity contribution in [3.05, 3.63) is 58.4 Å². The molecule has 34 heavy (non-hydrogen) atoms. The number of benzene rings is 1. The van der Waals surface area contributed by atoms with Crippen molar-refractivity contribution in [2.24, 2.45) is 0 Å². The van der Waals surface area contributed by atoms with E-state index in [0.29, 0.717) is 35.1 Å². The van der Waals surface area contributed by atoms with Crippen molar-refractivity contribution in [1.82, 2.24) is 14.9 Å². The fourth-order valence-electron chi connectivity index (χ4n) is 4.22. The number of allylic oxidation sites excluding steroid dienone is 1. The quantitative estimate of drug-likeness (QED) is 0.537. The molecular formula is C25H27F2N5O2. The van der Waals surface area contributed by atoms with Gasteiger partial charge in [0.05, 0.1) is 6.26 Å². The van der Waals surface area contributed by atoms with E-state index in [1.807, 2.05) is 19.9 Å². The van der Waals surface area contributed by atoms with Crippen LogP contribution >= 0.6 is 0 Å². The number of piperazine rings is 1. The van der Waals surface area contributed by atoms with E-state index in [1.54, 1.807) is 18.4 Å². The lowest BCUT2D eigenvalue weighted by Gasteiger charge is -2.33. The van der Waals surface area contributed by atoms with Crippen molar-refractivity contribution in [2.45, 2.75) is 26.7 Å². The van der Waals surface area contributed by atoms with Crippen LogP contribution in [0.4, 0.5) is 26.3 Å². The fourth-order valence-corrected chi connectivity index (χ4v) is 4.22. The minimum absolute atomic E-state index is 0.141. The van der Waals surface area contributed by atoms with Gasteiger partial charge >= 0.3 is 6.01 Å². The van der Waals surface area contributed by atoms with Gasteiger partial charge in [-0.05, 0) is 44.0 Å². The third-order valence-electron chi connectivity index (χ3n) is 6.19. The fraction of sp³-hybridized carbons (Fsp3) is 0.360. The molecule has 1 aliphatic carbocycles. The first kappa shape index (κ1) is 22.3. The molecule has 7 nitrogen and oxygen atoms in total. The van der Waals surface area contributed by atoms with Gasteiger partial charge in [-0.3, -0.25) is 0 Å². The predicted molar refractivity (Wildman–Crippen MR) is 127 cm³/mol. The van der Waals surface area contributed by atoms with Crippen molar-refractivity contribution < 1.29 is 17.9 Å². The molecule has 1 saturated heterocycles. The molecule has 5 rings (SSSR count). The van der Waals surface area contributed by atoms with Crippen LogP contribution < -0.4 is 15.0 Å². The molecule has 1 fully saturated rings. The van der Waals surface area contributed by atoms with E-state index in [-0.39, 0.29) is 6.01 Å². The zero-order valence-electron chi connectivity index (χ0n) is 19.5. The zero-order valence-corrected chi connectivity index (χ0v) is 19.5. The van der Waals surface area contributed by atoms with Crippen LogP contribution in [0.5, 0.6) is 11.8 Å². The summed E-state index contributed by atoms with van der Waals surface area (Å²) < 4.78 is 41.2. The summed E-state index contributed by atoms with van der Waals surface area (Å²) in [6, 6.07) is 4.84. The third kappa shape index (κ3) is 4.48. The summed E-state index contributed by atoms with van der Waals surface area (Å²) in [5.74, 6) is -0.484. The van der Waals surface area contributed by atoms with E-state index in [0.717, 1.165) is 43.7 Å². The standard InChI is InChI=1S/C25H27F2N5O2/c1-4-16-11-22(33-14-16)28-20-13-21(32-7-5-31(3)6-8-32)30-25(29-20)34-24-19(26)12-17-9-15(2)10-18(17)23(24)27/h10-14H,4-9H2,1-3H3,(H,28,29,30). The Labute approximate surface area is 197 Å². The van der Waals surface area contributed by atoms with E-state index in [9.17, 15) is 4.39 Å². The Balaban J connectivity index is 1.50. The second kappa shape index (κ2) is 9.06. The smallest absolute Gasteiger partial charge is 0.326 e. The van der Waals surface area contributed by atoms with Gasteiger partial charge in [0.25, 0.3) is 0 Å². The first-order valence-electron chi connectivity index (χ1n) is 11.4. The third-order valence-corrected chi connectivity index (χ3v) is 6.19. The molecule has 0 spiro atoms. The minimum atomic E-state index is -0.777. The molecule has 1 aromatic carbocycles. The Morgan fingerprint density at radius 1 is 1.12 bits per heavy atom. The number of fused-ring (bicyclic) bond motifs is 1. The summed E-state index contributed by atoms with van der Waals surface area (Å²) in [4.78, 5) is 13.2. The molecule has 3 aromatic rings. The normalized spacial score (nSPS) is 15.9. The number of rotatable bonds is 6. The van der Waals surface area contributed by atoms with Crippen LogP contribution in [0.2, 0.25) is 0 Å². The van der Waals surface area contributed by atoms with Crippen LogP contribution in [0.1, 0.15) is 30.5 Å². The number of hydrogen-bond donors (Lipinski definition) is 1. The molecule has 0 bridgehead atoms. The van der Waals surface area contributed by atoms with Gasteiger partial charge in [-0.1, -0.05) is 18.6 Å². The molecule has 9 heteroatoms. The van der Waals surface area contributed by atoms with Crippen molar-refractivity contribution in [2.75, 3.05) is 43.4 Å². The summed E-state index contributed by atoms with van der Waals surface area (Å²) in [6.07, 6.45) is 4.75. The Morgan fingerprint density at radius 3 is 2.65 bits per heavy atom. The average Bonchev–Trinajstić information content (AvgIpc) is 3.42. The highest BCUT2D eigenvalue weighted by atomic mass is 19.1. The van der Waals surface area contributed by atoms with Crippen LogP contribution in [0.25, 0.3) is 6.08 Å². The topological polar surface area (TPSA) is 66.7 Å². The summed E-state index contributed by atoms with van der Waals surface area (Å²) in [6.45, 7) is 7.20. The van der Waals surface area contributed by atoms with Crippen molar-refractivity contribution in [3.63, 3.8) is 0 Å². The summed E-state index contributed by atoms with van der Waals surface area (Å²) in [7, 11) is 2.07. The molecule has 1 aliphatic heterocycles. The van der Waals surface area contributed by atoms with Crippen molar-refractivity contribution in [1.29, 1.82) is 0 Å². The maximum absolute atomic E-state index is 15.2. The van der Waals surface area contributed by atoms with E-state index in [1.165, 1.54) is 6.07 Å². The van der Waals surface area contributed by atoms with E-state index in [4.69, 9.17) is 9.15 Å². The predicted octanol–water partition coefficient (Wildman–Crippen LogP) is 5.16. The second-order valence-corrected chi connectivity index (χ2v) is 8.83. The lowest BCUT2D eigenvalue weighted by molar-refractivity contribution is 0.311. The van der Waals surface area contributed by atoms with Crippen LogP contribution in [0.3, 0.4) is 0 Å². The van der Waals surface area contributed by atoms with E-state index in [2.05, 4.69) is 32.1 Å². The molecule has 0 radical (unpaired) electrons. The second-order valence-electron chi connectivity index (χ2n) is 8.83. The lowest BCUT2D eigenvalue weighted by Crippen LogP contribution is -2.44. The highest BCUT2D eigenvalue weighted by molar-refractivity contribution is 5.66. The molecule has 3 heterocycles. The first-order valence-corrected chi connectivity index (χ1v) is 11.4. The Bertz CT molecular complexity index is 1250. The summed E-state index contributed by atoms with van der Waals surface area (Å²) in [5, 5.41) is 3.12. The van der Waals surface area contributed by atoms with E-state index >= 15 is 4.39 Å². The minimum Gasteiger partial charge on any atom is -0.448 e. The Morgan fingerprint density at radius 2 is 1.91 bits per heavy atom. The monoisotopic (exact) mass is 467 g/mol.